The van der Waals surface area contributed by atoms with E-state index in [0.717, 1.165) is 59.1 Å². The van der Waals surface area contributed by atoms with Gasteiger partial charge in [0.05, 0.1) is 22.7 Å². The van der Waals surface area contributed by atoms with Crippen LogP contribution < -0.4 is 5.32 Å². The molecule has 0 bridgehead atoms. The highest BCUT2D eigenvalue weighted by Crippen LogP contribution is 2.40. The van der Waals surface area contributed by atoms with Crippen molar-refractivity contribution in [2.75, 3.05) is 18.4 Å². The number of carbonyl (C=O) groups is 2. The molecule has 0 aliphatic carbocycles. The molecule has 0 spiro atoms. The van der Waals surface area contributed by atoms with Gasteiger partial charge in [0.15, 0.2) is 0 Å². The summed E-state index contributed by atoms with van der Waals surface area (Å²) in [6, 6.07) is 10.1. The number of benzene rings is 1. The van der Waals surface area contributed by atoms with Gasteiger partial charge in [-0.25, -0.2) is 4.98 Å². The Morgan fingerprint density at radius 2 is 1.84 bits per heavy atom. The molecule has 1 aliphatic rings. The highest BCUT2D eigenvalue weighted by Gasteiger charge is 2.27. The predicted octanol–water partition coefficient (Wildman–Crippen LogP) is 6.11. The lowest BCUT2D eigenvalue weighted by Crippen LogP contribution is -2.36. The maximum atomic E-state index is 13.5. The van der Waals surface area contributed by atoms with Crippen LogP contribution in [0.25, 0.3) is 10.4 Å². The summed E-state index contributed by atoms with van der Waals surface area (Å²) in [4.78, 5) is 33.9. The number of anilines is 1. The van der Waals surface area contributed by atoms with Crippen molar-refractivity contribution in [1.82, 2.24) is 9.88 Å². The quantitative estimate of drug-likeness (QED) is 0.476. The topological polar surface area (TPSA) is 62.3 Å². The first-order valence-electron chi connectivity index (χ1n) is 11.2. The van der Waals surface area contributed by atoms with Gasteiger partial charge in [0.25, 0.3) is 5.91 Å². The van der Waals surface area contributed by atoms with E-state index in [1.54, 1.807) is 11.3 Å². The van der Waals surface area contributed by atoms with Crippen LogP contribution >= 0.6 is 22.7 Å². The number of aromatic nitrogens is 1. The predicted molar refractivity (Wildman–Crippen MR) is 133 cm³/mol. The summed E-state index contributed by atoms with van der Waals surface area (Å²) in [5.41, 5.74) is 3.40. The van der Waals surface area contributed by atoms with E-state index in [1.807, 2.05) is 47.5 Å². The van der Waals surface area contributed by atoms with Crippen molar-refractivity contribution in [2.45, 2.75) is 52.4 Å². The van der Waals surface area contributed by atoms with Crippen molar-refractivity contribution < 1.29 is 9.59 Å². The molecule has 168 valence electrons. The molecule has 0 radical (unpaired) electrons. The Morgan fingerprint density at radius 1 is 1.12 bits per heavy atom. The van der Waals surface area contributed by atoms with E-state index in [1.165, 1.54) is 11.3 Å². The normalized spacial score (nSPS) is 14.1. The van der Waals surface area contributed by atoms with E-state index in [9.17, 15) is 9.59 Å². The van der Waals surface area contributed by atoms with Gasteiger partial charge in [-0.1, -0.05) is 44.2 Å². The van der Waals surface area contributed by atoms with Crippen molar-refractivity contribution in [3.8, 4) is 10.4 Å². The molecular weight excluding hydrogens is 438 g/mol. The molecule has 1 saturated heterocycles. The molecular formula is C25H29N3O2S2. The monoisotopic (exact) mass is 467 g/mol. The summed E-state index contributed by atoms with van der Waals surface area (Å²) in [6.07, 6.45) is 3.43. The number of amides is 2. The molecule has 1 aromatic carbocycles. The van der Waals surface area contributed by atoms with Crippen LogP contribution in [0.5, 0.6) is 0 Å². The summed E-state index contributed by atoms with van der Waals surface area (Å²) in [5, 5.41) is 6.67. The maximum Gasteiger partial charge on any atom is 0.257 e. The van der Waals surface area contributed by atoms with Crippen molar-refractivity contribution in [3.63, 3.8) is 0 Å². The highest BCUT2D eigenvalue weighted by atomic mass is 32.1. The first-order valence-corrected chi connectivity index (χ1v) is 12.9. The number of carbonyl (C=O) groups excluding carboxylic acids is 2. The smallest absolute Gasteiger partial charge is 0.257 e. The van der Waals surface area contributed by atoms with Gasteiger partial charge in [0.2, 0.25) is 5.91 Å². The van der Waals surface area contributed by atoms with Crippen LogP contribution in [0.3, 0.4) is 0 Å². The zero-order chi connectivity index (χ0) is 22.7. The van der Waals surface area contributed by atoms with Crippen molar-refractivity contribution in [2.24, 2.45) is 0 Å². The lowest BCUT2D eigenvalue weighted by molar-refractivity contribution is -0.115. The molecule has 1 aliphatic heterocycles. The summed E-state index contributed by atoms with van der Waals surface area (Å²) >= 11 is 3.07. The average molecular weight is 468 g/mol. The molecule has 1 fully saturated rings. The summed E-state index contributed by atoms with van der Waals surface area (Å²) in [6.45, 7) is 7.74. The van der Waals surface area contributed by atoms with Gasteiger partial charge in [0, 0.05) is 29.3 Å². The molecule has 4 rings (SSSR count). The Kier molecular flexibility index (Phi) is 7.06. The summed E-state index contributed by atoms with van der Waals surface area (Å²) in [7, 11) is 0. The number of nitrogens with one attached hydrogen (secondary N) is 1. The molecule has 0 saturated carbocycles. The van der Waals surface area contributed by atoms with Gasteiger partial charge < -0.3 is 10.2 Å². The summed E-state index contributed by atoms with van der Waals surface area (Å²) < 4.78 is 0. The lowest BCUT2D eigenvalue weighted by Gasteiger charge is -2.27. The van der Waals surface area contributed by atoms with Crippen LogP contribution in [0.1, 0.15) is 65.7 Å². The first kappa shape index (κ1) is 22.7. The number of hydrogen-bond donors (Lipinski definition) is 1. The second-order valence-corrected chi connectivity index (χ2v) is 10.4. The molecule has 32 heavy (non-hydrogen) atoms. The van der Waals surface area contributed by atoms with Crippen LogP contribution in [0.4, 0.5) is 5.00 Å². The molecule has 0 atom stereocenters. The zero-order valence-electron chi connectivity index (χ0n) is 18.8. The van der Waals surface area contributed by atoms with Gasteiger partial charge in [0.1, 0.15) is 5.00 Å². The molecule has 2 aromatic heterocycles. The van der Waals surface area contributed by atoms with Crippen LogP contribution in [0.2, 0.25) is 0 Å². The Hall–Kier alpha value is -2.51. The second kappa shape index (κ2) is 9.96. The van der Waals surface area contributed by atoms with E-state index in [4.69, 9.17) is 0 Å². The van der Waals surface area contributed by atoms with E-state index < -0.39 is 0 Å². The first-order chi connectivity index (χ1) is 15.4. The molecule has 3 heterocycles. The number of likely N-dealkylation sites (tertiary alicyclic amines) is 1. The lowest BCUT2D eigenvalue weighted by atomic mass is 10.0. The minimum absolute atomic E-state index is 0.0201. The van der Waals surface area contributed by atoms with E-state index in [2.05, 4.69) is 24.1 Å². The standard InChI is InChI=1S/C25H29N3O2S2/c1-16(2)23-26-19(15-31-23)14-20(29)27-24-21(25(30)28-12-8-5-9-13-28)17(3)22(32-24)18-10-6-4-7-11-18/h4,6-7,10-11,15-16H,5,8-9,12-14H2,1-3H3,(H,27,29). The van der Waals surface area contributed by atoms with E-state index in [-0.39, 0.29) is 18.2 Å². The van der Waals surface area contributed by atoms with E-state index >= 15 is 0 Å². The SMILES string of the molecule is Cc1c(-c2ccccc2)sc(NC(=O)Cc2csc(C(C)C)n2)c1C(=O)N1CCCCC1. The number of nitrogens with zero attached hydrogens (tertiary/aromatic N) is 2. The van der Waals surface area contributed by atoms with Gasteiger partial charge in [-0.05, 0) is 37.3 Å². The van der Waals surface area contributed by atoms with Gasteiger partial charge >= 0.3 is 0 Å². The molecule has 2 amide bonds. The second-order valence-electron chi connectivity index (χ2n) is 8.54. The summed E-state index contributed by atoms with van der Waals surface area (Å²) in [5.74, 6) is 0.227. The van der Waals surface area contributed by atoms with Crippen LogP contribution in [-0.2, 0) is 11.2 Å². The number of piperidine rings is 1. The zero-order valence-corrected chi connectivity index (χ0v) is 20.4. The minimum atomic E-state index is -0.140. The fourth-order valence-corrected chi connectivity index (χ4v) is 6.04. The third-order valence-electron chi connectivity index (χ3n) is 5.70. The average Bonchev–Trinajstić information content (AvgIpc) is 3.39. The van der Waals surface area contributed by atoms with E-state index in [0.29, 0.717) is 16.5 Å². The maximum absolute atomic E-state index is 13.5. The van der Waals surface area contributed by atoms with Gasteiger partial charge in [-0.2, -0.15) is 0 Å². The third-order valence-corrected chi connectivity index (χ3v) is 8.15. The van der Waals surface area contributed by atoms with Crippen molar-refractivity contribution in [1.29, 1.82) is 0 Å². The molecule has 1 N–H and O–H groups in total. The third kappa shape index (κ3) is 4.94. The highest BCUT2D eigenvalue weighted by molar-refractivity contribution is 7.20. The number of thiophene rings is 1. The molecule has 0 unspecified atom stereocenters. The Bertz CT molecular complexity index is 1100. The molecule has 3 aromatic rings. The largest absolute Gasteiger partial charge is 0.339 e. The number of hydrogen-bond acceptors (Lipinski definition) is 5. The number of rotatable bonds is 6. The van der Waals surface area contributed by atoms with Crippen LogP contribution in [-0.4, -0.2) is 34.8 Å². The minimum Gasteiger partial charge on any atom is -0.339 e. The van der Waals surface area contributed by atoms with Crippen LogP contribution in [0, 0.1) is 6.92 Å². The van der Waals surface area contributed by atoms with Crippen molar-refractivity contribution >= 4 is 39.5 Å². The Labute approximate surface area is 197 Å². The Morgan fingerprint density at radius 3 is 2.50 bits per heavy atom. The van der Waals surface area contributed by atoms with Crippen LogP contribution in [0.15, 0.2) is 35.7 Å². The molecule has 5 nitrogen and oxygen atoms in total. The van der Waals surface area contributed by atoms with Gasteiger partial charge in [-0.3, -0.25) is 9.59 Å². The number of thiazole rings is 1. The fourth-order valence-electron chi connectivity index (χ4n) is 3.98. The Balaban J connectivity index is 1.63. The van der Waals surface area contributed by atoms with Crippen molar-refractivity contribution in [3.05, 3.63) is 57.5 Å². The fraction of sp³-hybridized carbons (Fsp3) is 0.400. The molecule has 7 heteroatoms. The van der Waals surface area contributed by atoms with Gasteiger partial charge in [-0.15, -0.1) is 22.7 Å².